The monoisotopic (exact) mass is 295 g/mol. The lowest BCUT2D eigenvalue weighted by molar-refractivity contribution is -0.142. The summed E-state index contributed by atoms with van der Waals surface area (Å²) in [5, 5.41) is 11.8. The fourth-order valence-electron chi connectivity index (χ4n) is 2.02. The van der Waals surface area contributed by atoms with Crippen LogP contribution >= 0.6 is 0 Å². The molecule has 3 atom stereocenters. The van der Waals surface area contributed by atoms with Crippen LogP contribution < -0.4 is 5.32 Å². The minimum absolute atomic E-state index is 0.161. The van der Waals surface area contributed by atoms with E-state index in [1.807, 2.05) is 13.8 Å². The summed E-state index contributed by atoms with van der Waals surface area (Å²) < 4.78 is 13.3. The zero-order chi connectivity index (χ0) is 16.2. The maximum Gasteiger partial charge on any atom is 0.330 e. The number of carbonyl (C=O) groups is 2. The fourth-order valence-corrected chi connectivity index (χ4v) is 2.02. The first-order valence-electron chi connectivity index (χ1n) is 7.07. The molecule has 0 saturated heterocycles. The van der Waals surface area contributed by atoms with Gasteiger partial charge in [-0.1, -0.05) is 39.3 Å². The lowest BCUT2D eigenvalue weighted by Crippen LogP contribution is -2.38. The first-order valence-corrected chi connectivity index (χ1v) is 7.07. The van der Waals surface area contributed by atoms with Crippen LogP contribution in [0.3, 0.4) is 0 Å². The van der Waals surface area contributed by atoms with E-state index in [1.54, 1.807) is 13.8 Å². The van der Waals surface area contributed by atoms with Crippen molar-refractivity contribution in [2.24, 2.45) is 11.8 Å². The second-order valence-corrected chi connectivity index (χ2v) is 5.46. The van der Waals surface area contributed by atoms with Crippen molar-refractivity contribution < 1.29 is 19.1 Å². The number of rotatable bonds is 6. The van der Waals surface area contributed by atoms with E-state index < -0.39 is 17.8 Å². The first-order chi connectivity index (χ1) is 9.77. The molecule has 0 aliphatic heterocycles. The molecule has 4 nitrogen and oxygen atoms in total. The molecule has 116 valence electrons. The minimum Gasteiger partial charge on any atom is -0.479 e. The standard InChI is InChI=1S/C16H22FNO3/c1-5-9(2)11(4)15(19)18-14(16(20)21)12-6-7-13(17)10(3)8-12/h6-9,11,14H,5H2,1-4H3,(H,18,19)(H,20,21). The van der Waals surface area contributed by atoms with E-state index in [2.05, 4.69) is 5.32 Å². The molecule has 2 N–H and O–H groups in total. The van der Waals surface area contributed by atoms with E-state index in [0.717, 1.165) is 6.42 Å². The van der Waals surface area contributed by atoms with Crippen molar-refractivity contribution in [2.75, 3.05) is 0 Å². The van der Waals surface area contributed by atoms with Gasteiger partial charge in [0.25, 0.3) is 0 Å². The number of hydrogen-bond donors (Lipinski definition) is 2. The molecule has 0 fully saturated rings. The molecule has 21 heavy (non-hydrogen) atoms. The Morgan fingerprint density at radius 2 is 1.95 bits per heavy atom. The molecule has 1 rings (SSSR count). The van der Waals surface area contributed by atoms with Crippen LogP contribution in [-0.4, -0.2) is 17.0 Å². The fraction of sp³-hybridized carbons (Fsp3) is 0.500. The van der Waals surface area contributed by atoms with E-state index in [1.165, 1.54) is 18.2 Å². The van der Waals surface area contributed by atoms with Crippen molar-refractivity contribution in [1.29, 1.82) is 0 Å². The third-order valence-corrected chi connectivity index (χ3v) is 3.96. The number of carboxylic acid groups (broad SMARTS) is 1. The van der Waals surface area contributed by atoms with Crippen LogP contribution in [0.5, 0.6) is 0 Å². The maximum absolute atomic E-state index is 13.3. The molecule has 3 unspecified atom stereocenters. The average molecular weight is 295 g/mol. The van der Waals surface area contributed by atoms with Gasteiger partial charge in [0, 0.05) is 5.92 Å². The first kappa shape index (κ1) is 17.1. The minimum atomic E-state index is -1.16. The van der Waals surface area contributed by atoms with Gasteiger partial charge < -0.3 is 10.4 Å². The van der Waals surface area contributed by atoms with Crippen molar-refractivity contribution in [2.45, 2.75) is 40.2 Å². The molecule has 0 aliphatic carbocycles. The SMILES string of the molecule is CCC(C)C(C)C(=O)NC(C(=O)O)c1ccc(F)c(C)c1. The van der Waals surface area contributed by atoms with Gasteiger partial charge in [-0.2, -0.15) is 0 Å². The van der Waals surface area contributed by atoms with Crippen molar-refractivity contribution in [3.05, 3.63) is 35.1 Å². The van der Waals surface area contributed by atoms with Gasteiger partial charge in [0.2, 0.25) is 5.91 Å². The molecule has 1 aromatic rings. The van der Waals surface area contributed by atoms with Gasteiger partial charge in [0.1, 0.15) is 5.82 Å². The summed E-state index contributed by atoms with van der Waals surface area (Å²) in [4.78, 5) is 23.5. The van der Waals surface area contributed by atoms with Crippen molar-refractivity contribution in [3.8, 4) is 0 Å². The predicted octanol–water partition coefficient (Wildman–Crippen LogP) is 3.06. The molecule has 5 heteroatoms. The Labute approximate surface area is 124 Å². The Morgan fingerprint density at radius 3 is 2.43 bits per heavy atom. The summed E-state index contributed by atoms with van der Waals surface area (Å²) in [6.45, 7) is 7.26. The lowest BCUT2D eigenvalue weighted by Gasteiger charge is -2.21. The topological polar surface area (TPSA) is 66.4 Å². The highest BCUT2D eigenvalue weighted by Crippen LogP contribution is 2.20. The molecule has 0 saturated carbocycles. The lowest BCUT2D eigenvalue weighted by atomic mass is 9.92. The number of carboxylic acids is 1. The summed E-state index contributed by atoms with van der Waals surface area (Å²) in [7, 11) is 0. The smallest absolute Gasteiger partial charge is 0.330 e. The maximum atomic E-state index is 13.3. The Balaban J connectivity index is 2.95. The Kier molecular flexibility index (Phi) is 5.88. The van der Waals surface area contributed by atoms with Gasteiger partial charge in [0.15, 0.2) is 6.04 Å². The Bertz CT molecular complexity index is 530. The van der Waals surface area contributed by atoms with Crippen LogP contribution in [0.25, 0.3) is 0 Å². The third kappa shape index (κ3) is 4.28. The number of benzene rings is 1. The van der Waals surface area contributed by atoms with Gasteiger partial charge in [-0.3, -0.25) is 4.79 Å². The highest BCUT2D eigenvalue weighted by molar-refractivity contribution is 5.85. The number of carbonyl (C=O) groups excluding carboxylic acids is 1. The highest BCUT2D eigenvalue weighted by Gasteiger charge is 2.26. The van der Waals surface area contributed by atoms with Crippen LogP contribution in [0, 0.1) is 24.6 Å². The summed E-state index contributed by atoms with van der Waals surface area (Å²) >= 11 is 0. The van der Waals surface area contributed by atoms with Crippen LogP contribution in [0.2, 0.25) is 0 Å². The van der Waals surface area contributed by atoms with Crippen LogP contribution in [0.15, 0.2) is 18.2 Å². The van der Waals surface area contributed by atoms with E-state index in [0.29, 0.717) is 11.1 Å². The molecule has 0 spiro atoms. The van der Waals surface area contributed by atoms with Gasteiger partial charge in [-0.15, -0.1) is 0 Å². The number of nitrogens with one attached hydrogen (secondary N) is 1. The molecular weight excluding hydrogens is 273 g/mol. The molecular formula is C16H22FNO3. The normalized spacial score (nSPS) is 15.1. The number of aryl methyl sites for hydroxylation is 1. The molecule has 0 bridgehead atoms. The zero-order valence-corrected chi connectivity index (χ0v) is 12.8. The van der Waals surface area contributed by atoms with Crippen molar-refractivity contribution >= 4 is 11.9 Å². The van der Waals surface area contributed by atoms with Crippen molar-refractivity contribution in [1.82, 2.24) is 5.32 Å². The number of aliphatic carboxylic acids is 1. The predicted molar refractivity (Wildman–Crippen MR) is 78.3 cm³/mol. The quantitative estimate of drug-likeness (QED) is 0.847. The van der Waals surface area contributed by atoms with E-state index in [4.69, 9.17) is 0 Å². The third-order valence-electron chi connectivity index (χ3n) is 3.96. The number of hydrogen-bond acceptors (Lipinski definition) is 2. The summed E-state index contributed by atoms with van der Waals surface area (Å²) in [5.41, 5.74) is 0.717. The second kappa shape index (κ2) is 7.20. The van der Waals surface area contributed by atoms with Gasteiger partial charge in [-0.25, -0.2) is 9.18 Å². The molecule has 1 amide bonds. The Hall–Kier alpha value is -1.91. The van der Waals surface area contributed by atoms with Gasteiger partial charge >= 0.3 is 5.97 Å². The molecule has 0 radical (unpaired) electrons. The molecule has 0 heterocycles. The molecule has 1 aromatic carbocycles. The van der Waals surface area contributed by atoms with E-state index in [9.17, 15) is 19.1 Å². The Morgan fingerprint density at radius 1 is 1.33 bits per heavy atom. The largest absolute Gasteiger partial charge is 0.479 e. The van der Waals surface area contributed by atoms with E-state index >= 15 is 0 Å². The number of halogens is 1. The van der Waals surface area contributed by atoms with Crippen LogP contribution in [0.4, 0.5) is 4.39 Å². The van der Waals surface area contributed by atoms with Gasteiger partial charge in [0.05, 0.1) is 0 Å². The average Bonchev–Trinajstić information content (AvgIpc) is 2.45. The summed E-state index contributed by atoms with van der Waals surface area (Å²) in [6, 6.07) is 2.88. The molecule has 0 aliphatic rings. The number of amides is 1. The zero-order valence-electron chi connectivity index (χ0n) is 12.8. The van der Waals surface area contributed by atoms with Crippen LogP contribution in [0.1, 0.15) is 44.4 Å². The molecule has 0 aromatic heterocycles. The van der Waals surface area contributed by atoms with Gasteiger partial charge in [-0.05, 0) is 30.0 Å². The second-order valence-electron chi connectivity index (χ2n) is 5.46. The van der Waals surface area contributed by atoms with Crippen molar-refractivity contribution in [3.63, 3.8) is 0 Å². The summed E-state index contributed by atoms with van der Waals surface area (Å²) in [6.07, 6.45) is 0.835. The van der Waals surface area contributed by atoms with Crippen LogP contribution in [-0.2, 0) is 9.59 Å². The summed E-state index contributed by atoms with van der Waals surface area (Å²) in [5.74, 6) is -1.99. The highest BCUT2D eigenvalue weighted by atomic mass is 19.1. The van der Waals surface area contributed by atoms with E-state index in [-0.39, 0.29) is 17.7 Å².